The summed E-state index contributed by atoms with van der Waals surface area (Å²) in [5.41, 5.74) is 0. The van der Waals surface area contributed by atoms with Crippen LogP contribution in [0.25, 0.3) is 0 Å². The summed E-state index contributed by atoms with van der Waals surface area (Å²) in [6, 6.07) is -1.49. The van der Waals surface area contributed by atoms with Gasteiger partial charge in [0.15, 0.2) is 0 Å². The number of aliphatic hydroxyl groups is 3. The summed E-state index contributed by atoms with van der Waals surface area (Å²) in [6.45, 7) is -0.314. The van der Waals surface area contributed by atoms with E-state index in [4.69, 9.17) is 5.11 Å². The Morgan fingerprint density at radius 1 is 1.46 bits per heavy atom. The molecule has 1 amide bonds. The summed E-state index contributed by atoms with van der Waals surface area (Å²) in [5.74, 6) is -0.400. The molecule has 13 heavy (non-hydrogen) atoms. The van der Waals surface area contributed by atoms with Crippen molar-refractivity contribution in [3.8, 4) is 0 Å². The second-order valence-electron chi connectivity index (χ2n) is 3.03. The molecule has 0 radical (unpaired) electrons. The Labute approximate surface area is 75.6 Å². The Morgan fingerprint density at radius 2 is 2.08 bits per heavy atom. The molecule has 1 aliphatic heterocycles. The lowest BCUT2D eigenvalue weighted by Gasteiger charge is -2.13. The van der Waals surface area contributed by atoms with Gasteiger partial charge in [-0.2, -0.15) is 0 Å². The summed E-state index contributed by atoms with van der Waals surface area (Å²) in [4.78, 5) is 11.1. The first-order valence-electron chi connectivity index (χ1n) is 4.06. The standard InChI is InChI=1S/C7H14N2O4/c1-8-7(13)4-6(12)5(11)3(2-10)9-4/h3-6,9-12H,2H2,1H3,(H,8,13)/t3-,4+,5-,6-/m0/s1. The van der Waals surface area contributed by atoms with Crippen molar-refractivity contribution in [2.24, 2.45) is 0 Å². The molecule has 0 unspecified atom stereocenters. The van der Waals surface area contributed by atoms with Gasteiger partial charge < -0.3 is 20.6 Å². The monoisotopic (exact) mass is 190 g/mol. The number of carbonyl (C=O) groups is 1. The molecule has 76 valence electrons. The van der Waals surface area contributed by atoms with Gasteiger partial charge in [0.1, 0.15) is 12.1 Å². The Balaban J connectivity index is 2.65. The van der Waals surface area contributed by atoms with Crippen LogP contribution in [0.2, 0.25) is 0 Å². The highest BCUT2D eigenvalue weighted by atomic mass is 16.3. The highest BCUT2D eigenvalue weighted by Crippen LogP contribution is 2.14. The first-order valence-corrected chi connectivity index (χ1v) is 4.06. The molecule has 0 aromatic rings. The molecular weight excluding hydrogens is 176 g/mol. The van der Waals surface area contributed by atoms with E-state index in [1.165, 1.54) is 7.05 Å². The average molecular weight is 190 g/mol. The fourth-order valence-corrected chi connectivity index (χ4v) is 1.41. The van der Waals surface area contributed by atoms with Crippen LogP contribution >= 0.6 is 0 Å². The zero-order valence-electron chi connectivity index (χ0n) is 7.27. The van der Waals surface area contributed by atoms with Gasteiger partial charge in [0.25, 0.3) is 0 Å². The number of amides is 1. The number of aliphatic hydroxyl groups excluding tert-OH is 3. The molecule has 1 saturated heterocycles. The molecule has 4 atom stereocenters. The van der Waals surface area contributed by atoms with Crippen LogP contribution in [0.4, 0.5) is 0 Å². The summed E-state index contributed by atoms with van der Waals surface area (Å²) < 4.78 is 0. The zero-order chi connectivity index (χ0) is 10.0. The van der Waals surface area contributed by atoms with Crippen LogP contribution in [-0.4, -0.2) is 59.2 Å². The maximum atomic E-state index is 11.1. The fourth-order valence-electron chi connectivity index (χ4n) is 1.41. The number of hydrogen-bond acceptors (Lipinski definition) is 5. The number of likely N-dealkylation sites (N-methyl/N-ethyl adjacent to an activating group) is 1. The summed E-state index contributed by atoms with van der Waals surface area (Å²) in [7, 11) is 1.44. The van der Waals surface area contributed by atoms with Gasteiger partial charge in [-0.05, 0) is 0 Å². The van der Waals surface area contributed by atoms with Crippen molar-refractivity contribution in [1.29, 1.82) is 0 Å². The van der Waals surface area contributed by atoms with Crippen molar-refractivity contribution in [3.05, 3.63) is 0 Å². The number of carbonyl (C=O) groups excluding carboxylic acids is 1. The van der Waals surface area contributed by atoms with Gasteiger partial charge in [-0.25, -0.2) is 0 Å². The first-order chi connectivity index (χ1) is 6.11. The minimum absolute atomic E-state index is 0.314. The highest BCUT2D eigenvalue weighted by molar-refractivity contribution is 5.82. The lowest BCUT2D eigenvalue weighted by atomic mass is 10.1. The van der Waals surface area contributed by atoms with E-state index < -0.39 is 30.2 Å². The zero-order valence-corrected chi connectivity index (χ0v) is 7.27. The van der Waals surface area contributed by atoms with Gasteiger partial charge >= 0.3 is 0 Å². The molecular formula is C7H14N2O4. The Hall–Kier alpha value is -0.690. The second kappa shape index (κ2) is 4.01. The lowest BCUT2D eigenvalue weighted by molar-refractivity contribution is -0.125. The third-order valence-electron chi connectivity index (χ3n) is 2.22. The quantitative estimate of drug-likeness (QED) is 0.315. The van der Waals surface area contributed by atoms with Crippen LogP contribution in [0, 0.1) is 0 Å². The molecule has 0 bridgehead atoms. The molecule has 0 spiro atoms. The van der Waals surface area contributed by atoms with Gasteiger partial charge in [-0.15, -0.1) is 0 Å². The van der Waals surface area contributed by atoms with Crippen molar-refractivity contribution >= 4 is 5.91 Å². The van der Waals surface area contributed by atoms with Crippen LogP contribution in [-0.2, 0) is 4.79 Å². The molecule has 0 saturated carbocycles. The lowest BCUT2D eigenvalue weighted by Crippen LogP contribution is -2.46. The van der Waals surface area contributed by atoms with Crippen molar-refractivity contribution in [2.45, 2.75) is 24.3 Å². The predicted molar refractivity (Wildman–Crippen MR) is 43.9 cm³/mol. The van der Waals surface area contributed by atoms with Crippen molar-refractivity contribution < 1.29 is 20.1 Å². The van der Waals surface area contributed by atoms with Crippen LogP contribution in [0.5, 0.6) is 0 Å². The van der Waals surface area contributed by atoms with Gasteiger partial charge in [-0.1, -0.05) is 0 Å². The molecule has 1 rings (SSSR count). The van der Waals surface area contributed by atoms with Crippen LogP contribution in [0.1, 0.15) is 0 Å². The molecule has 0 aromatic carbocycles. The molecule has 6 nitrogen and oxygen atoms in total. The Morgan fingerprint density at radius 3 is 2.46 bits per heavy atom. The predicted octanol–water partition coefficient (Wildman–Crippen LogP) is -3.21. The van der Waals surface area contributed by atoms with Crippen molar-refractivity contribution in [1.82, 2.24) is 10.6 Å². The topological polar surface area (TPSA) is 102 Å². The number of rotatable bonds is 2. The van der Waals surface area contributed by atoms with E-state index in [1.54, 1.807) is 0 Å². The third kappa shape index (κ3) is 1.80. The maximum absolute atomic E-state index is 11.1. The van der Waals surface area contributed by atoms with Crippen LogP contribution in [0.15, 0.2) is 0 Å². The largest absolute Gasteiger partial charge is 0.395 e. The van der Waals surface area contributed by atoms with E-state index in [2.05, 4.69) is 10.6 Å². The minimum Gasteiger partial charge on any atom is -0.395 e. The normalized spacial score (nSPS) is 39.1. The molecule has 5 N–H and O–H groups in total. The van der Waals surface area contributed by atoms with Gasteiger partial charge in [0, 0.05) is 7.05 Å². The van der Waals surface area contributed by atoms with E-state index in [9.17, 15) is 15.0 Å². The summed E-state index contributed by atoms with van der Waals surface area (Å²) in [5, 5.41) is 32.4. The first kappa shape index (κ1) is 10.4. The highest BCUT2D eigenvalue weighted by Gasteiger charge is 2.43. The summed E-state index contributed by atoms with van der Waals surface area (Å²) >= 11 is 0. The fraction of sp³-hybridized carbons (Fsp3) is 0.857. The van der Waals surface area contributed by atoms with Gasteiger partial charge in [0.05, 0.1) is 18.8 Å². The van der Waals surface area contributed by atoms with E-state index in [-0.39, 0.29) is 6.61 Å². The van der Waals surface area contributed by atoms with E-state index in [0.717, 1.165) is 0 Å². The third-order valence-corrected chi connectivity index (χ3v) is 2.22. The molecule has 1 aliphatic rings. The Kier molecular flexibility index (Phi) is 3.21. The SMILES string of the molecule is CNC(=O)[C@@H]1N[C@@H](CO)[C@H](O)[C@H]1O. The number of nitrogens with one attached hydrogen (secondary N) is 2. The maximum Gasteiger partial charge on any atom is 0.239 e. The number of hydrogen-bond donors (Lipinski definition) is 5. The van der Waals surface area contributed by atoms with Crippen molar-refractivity contribution in [2.75, 3.05) is 13.7 Å². The minimum atomic E-state index is -1.17. The molecule has 6 heteroatoms. The van der Waals surface area contributed by atoms with E-state index in [1.807, 2.05) is 0 Å². The molecule has 0 aliphatic carbocycles. The molecule has 1 fully saturated rings. The molecule has 1 heterocycles. The average Bonchev–Trinajstić information content (AvgIpc) is 2.43. The second-order valence-corrected chi connectivity index (χ2v) is 3.03. The molecule has 0 aromatic heterocycles. The van der Waals surface area contributed by atoms with Gasteiger partial charge in [-0.3, -0.25) is 10.1 Å². The van der Waals surface area contributed by atoms with Gasteiger partial charge in [0.2, 0.25) is 5.91 Å². The smallest absolute Gasteiger partial charge is 0.239 e. The van der Waals surface area contributed by atoms with E-state index in [0.29, 0.717) is 0 Å². The van der Waals surface area contributed by atoms with Crippen LogP contribution < -0.4 is 10.6 Å². The van der Waals surface area contributed by atoms with Crippen molar-refractivity contribution in [3.63, 3.8) is 0 Å². The van der Waals surface area contributed by atoms with Crippen LogP contribution in [0.3, 0.4) is 0 Å². The summed E-state index contributed by atoms with van der Waals surface area (Å²) in [6.07, 6.45) is -2.27. The Bertz CT molecular complexity index is 199. The van der Waals surface area contributed by atoms with E-state index >= 15 is 0 Å².